The van der Waals surface area contributed by atoms with Gasteiger partial charge in [0.1, 0.15) is 6.33 Å². The molecule has 0 unspecified atom stereocenters. The molecule has 1 aromatic heterocycles. The number of hydrogen-bond donors (Lipinski definition) is 1. The summed E-state index contributed by atoms with van der Waals surface area (Å²) < 4.78 is 26.6. The number of nitrogens with one attached hydrogen (secondary N) is 1. The molecule has 2 aromatic rings. The highest BCUT2D eigenvalue weighted by molar-refractivity contribution is 7.89. The highest BCUT2D eigenvalue weighted by Gasteiger charge is 2.18. The average molecular weight is 308 g/mol. The van der Waals surface area contributed by atoms with Gasteiger partial charge in [0.15, 0.2) is 0 Å². The highest BCUT2D eigenvalue weighted by Crippen LogP contribution is 2.22. The monoisotopic (exact) mass is 308 g/mol. The normalized spacial score (nSPS) is 11.6. The van der Waals surface area contributed by atoms with E-state index in [4.69, 9.17) is 0 Å². The van der Waals surface area contributed by atoms with Crippen LogP contribution in [0.1, 0.15) is 5.56 Å². The zero-order valence-electron chi connectivity index (χ0n) is 11.9. The summed E-state index contributed by atoms with van der Waals surface area (Å²) >= 11 is 0. The fourth-order valence-corrected chi connectivity index (χ4v) is 2.59. The number of carbonyl (C=O) groups excluding carboxylic acids is 1. The van der Waals surface area contributed by atoms with E-state index >= 15 is 0 Å². The molecular weight excluding hydrogens is 292 g/mol. The lowest BCUT2D eigenvalue weighted by molar-refractivity contribution is 0.253. The second-order valence-corrected chi connectivity index (χ2v) is 6.82. The van der Waals surface area contributed by atoms with Crippen molar-refractivity contribution in [2.75, 3.05) is 19.4 Å². The molecule has 0 bridgehead atoms. The number of hydrogen-bond acceptors (Lipinski definition) is 4. The Bertz CT molecular complexity index is 752. The molecule has 0 aliphatic rings. The van der Waals surface area contributed by atoms with E-state index in [2.05, 4.69) is 10.3 Å². The molecule has 0 aliphatic carbocycles. The van der Waals surface area contributed by atoms with Gasteiger partial charge in [-0.05, 0) is 24.6 Å². The standard InChI is InChI=1S/C13H16N4O3S/c1-10-4-5-11(21(19,20)16(2)3)8-12(10)15-13(18)17-7-6-14-9-17/h4-9H,1-3H3,(H,15,18). The fraction of sp³-hybridized carbons (Fsp3) is 0.231. The van der Waals surface area contributed by atoms with E-state index in [-0.39, 0.29) is 4.90 Å². The molecule has 0 atom stereocenters. The van der Waals surface area contributed by atoms with Crippen molar-refractivity contribution in [1.29, 1.82) is 0 Å². The molecule has 112 valence electrons. The Balaban J connectivity index is 2.35. The third-order valence-corrected chi connectivity index (χ3v) is 4.78. The predicted molar refractivity (Wildman–Crippen MR) is 78.7 cm³/mol. The van der Waals surface area contributed by atoms with Crippen molar-refractivity contribution in [3.63, 3.8) is 0 Å². The van der Waals surface area contributed by atoms with Crippen LogP contribution < -0.4 is 5.32 Å². The maximum atomic E-state index is 12.1. The van der Waals surface area contributed by atoms with Crippen LogP contribution in [0.3, 0.4) is 0 Å². The Morgan fingerprint density at radius 1 is 1.33 bits per heavy atom. The molecule has 0 radical (unpaired) electrons. The van der Waals surface area contributed by atoms with E-state index in [1.54, 1.807) is 13.0 Å². The van der Waals surface area contributed by atoms with Crippen LogP contribution in [-0.2, 0) is 10.0 Å². The van der Waals surface area contributed by atoms with E-state index in [9.17, 15) is 13.2 Å². The first-order chi connectivity index (χ1) is 9.82. The van der Waals surface area contributed by atoms with Gasteiger partial charge in [0.2, 0.25) is 10.0 Å². The van der Waals surface area contributed by atoms with Crippen molar-refractivity contribution < 1.29 is 13.2 Å². The van der Waals surface area contributed by atoms with Crippen molar-refractivity contribution in [3.8, 4) is 0 Å². The summed E-state index contributed by atoms with van der Waals surface area (Å²) in [6, 6.07) is 4.20. The Morgan fingerprint density at radius 3 is 2.62 bits per heavy atom. The van der Waals surface area contributed by atoms with E-state index in [0.29, 0.717) is 5.69 Å². The van der Waals surface area contributed by atoms with Gasteiger partial charge in [-0.25, -0.2) is 22.5 Å². The van der Waals surface area contributed by atoms with Crippen LogP contribution in [0.25, 0.3) is 0 Å². The number of aryl methyl sites for hydroxylation is 1. The van der Waals surface area contributed by atoms with Gasteiger partial charge in [-0.3, -0.25) is 4.57 Å². The first kappa shape index (κ1) is 15.2. The van der Waals surface area contributed by atoms with Crippen LogP contribution in [0, 0.1) is 6.92 Å². The number of imidazole rings is 1. The molecule has 2 rings (SSSR count). The van der Waals surface area contributed by atoms with Gasteiger partial charge in [-0.15, -0.1) is 0 Å². The summed E-state index contributed by atoms with van der Waals surface area (Å²) in [6.45, 7) is 1.79. The number of sulfonamides is 1. The third-order valence-electron chi connectivity index (χ3n) is 2.97. The van der Waals surface area contributed by atoms with Gasteiger partial charge in [-0.2, -0.15) is 0 Å². The summed E-state index contributed by atoms with van der Waals surface area (Å²) in [7, 11) is -0.628. The molecule has 8 heteroatoms. The summed E-state index contributed by atoms with van der Waals surface area (Å²) in [4.78, 5) is 15.9. The molecule has 0 spiro atoms. The molecule has 0 aliphatic heterocycles. The van der Waals surface area contributed by atoms with Crippen molar-refractivity contribution in [1.82, 2.24) is 13.9 Å². The first-order valence-corrected chi connectivity index (χ1v) is 7.59. The number of anilines is 1. The molecule has 0 saturated carbocycles. The lowest BCUT2D eigenvalue weighted by Crippen LogP contribution is -2.23. The summed E-state index contributed by atoms with van der Waals surface area (Å²) in [5.74, 6) is 0. The Kier molecular flexibility index (Phi) is 4.10. The van der Waals surface area contributed by atoms with Crippen LogP contribution in [0.15, 0.2) is 41.8 Å². The van der Waals surface area contributed by atoms with Gasteiger partial charge in [0.05, 0.1) is 4.90 Å². The average Bonchev–Trinajstić information content (AvgIpc) is 2.94. The number of rotatable bonds is 3. The second kappa shape index (κ2) is 5.66. The van der Waals surface area contributed by atoms with Crippen LogP contribution in [0.2, 0.25) is 0 Å². The lowest BCUT2D eigenvalue weighted by atomic mass is 10.2. The molecule has 21 heavy (non-hydrogen) atoms. The lowest BCUT2D eigenvalue weighted by Gasteiger charge is -2.14. The van der Waals surface area contributed by atoms with E-state index in [0.717, 1.165) is 9.87 Å². The minimum atomic E-state index is -3.54. The minimum Gasteiger partial charge on any atom is -0.307 e. The van der Waals surface area contributed by atoms with Crippen LogP contribution >= 0.6 is 0 Å². The number of nitrogens with zero attached hydrogens (tertiary/aromatic N) is 3. The van der Waals surface area contributed by atoms with E-state index in [1.165, 1.54) is 49.5 Å². The minimum absolute atomic E-state index is 0.124. The molecule has 0 saturated heterocycles. The maximum Gasteiger partial charge on any atom is 0.331 e. The quantitative estimate of drug-likeness (QED) is 0.931. The van der Waals surface area contributed by atoms with Crippen molar-refractivity contribution in [3.05, 3.63) is 42.5 Å². The van der Waals surface area contributed by atoms with Crippen molar-refractivity contribution in [2.24, 2.45) is 0 Å². The fourth-order valence-electron chi connectivity index (χ4n) is 1.67. The van der Waals surface area contributed by atoms with Gasteiger partial charge in [-0.1, -0.05) is 6.07 Å². The van der Waals surface area contributed by atoms with Crippen molar-refractivity contribution >= 4 is 21.7 Å². The van der Waals surface area contributed by atoms with Gasteiger partial charge >= 0.3 is 6.03 Å². The molecule has 1 heterocycles. The Hall–Kier alpha value is -2.19. The molecule has 1 N–H and O–H groups in total. The summed E-state index contributed by atoms with van der Waals surface area (Å²) in [6.07, 6.45) is 4.36. The molecule has 0 fully saturated rings. The Labute approximate surface area is 123 Å². The topological polar surface area (TPSA) is 84.3 Å². The highest BCUT2D eigenvalue weighted by atomic mass is 32.2. The first-order valence-electron chi connectivity index (χ1n) is 6.15. The van der Waals surface area contributed by atoms with Crippen LogP contribution in [0.5, 0.6) is 0 Å². The van der Waals surface area contributed by atoms with E-state index in [1.807, 2.05) is 0 Å². The number of benzene rings is 1. The number of aromatic nitrogens is 2. The summed E-state index contributed by atoms with van der Waals surface area (Å²) in [5.41, 5.74) is 1.21. The maximum absolute atomic E-state index is 12.1. The van der Waals surface area contributed by atoms with Gasteiger partial charge < -0.3 is 5.32 Å². The molecule has 1 aromatic carbocycles. The van der Waals surface area contributed by atoms with Crippen LogP contribution in [-0.4, -0.2) is 42.4 Å². The summed E-state index contributed by atoms with van der Waals surface area (Å²) in [5, 5.41) is 2.67. The predicted octanol–water partition coefficient (Wildman–Crippen LogP) is 1.52. The van der Waals surface area contributed by atoms with Crippen LogP contribution in [0.4, 0.5) is 10.5 Å². The van der Waals surface area contributed by atoms with Gasteiger partial charge in [0.25, 0.3) is 0 Å². The number of carbonyl (C=O) groups is 1. The number of amides is 1. The van der Waals surface area contributed by atoms with Crippen molar-refractivity contribution in [2.45, 2.75) is 11.8 Å². The molecular formula is C13H16N4O3S. The smallest absolute Gasteiger partial charge is 0.307 e. The zero-order chi connectivity index (χ0) is 15.6. The van der Waals surface area contributed by atoms with E-state index < -0.39 is 16.1 Å². The third kappa shape index (κ3) is 3.11. The molecule has 1 amide bonds. The van der Waals surface area contributed by atoms with Gasteiger partial charge in [0, 0.05) is 32.2 Å². The SMILES string of the molecule is Cc1ccc(S(=O)(=O)N(C)C)cc1NC(=O)n1ccnc1. The Morgan fingerprint density at radius 2 is 2.05 bits per heavy atom. The largest absolute Gasteiger partial charge is 0.331 e. The zero-order valence-corrected chi connectivity index (χ0v) is 12.8. The second-order valence-electron chi connectivity index (χ2n) is 4.66. The molecule has 7 nitrogen and oxygen atoms in total.